The third-order valence-electron chi connectivity index (χ3n) is 1.65. The summed E-state index contributed by atoms with van der Waals surface area (Å²) in [6.45, 7) is 5.51. The number of hydrogen-bond donors (Lipinski definition) is 2. The highest BCUT2D eigenvalue weighted by Crippen LogP contribution is 1.99. The van der Waals surface area contributed by atoms with E-state index in [1.54, 1.807) is 6.92 Å². The molecule has 0 heterocycles. The summed E-state index contributed by atoms with van der Waals surface area (Å²) in [6, 6.07) is -0.414. The molecule has 1 atom stereocenters. The Balaban J connectivity index is 4.18. The Morgan fingerprint density at radius 2 is 1.92 bits per heavy atom. The third kappa shape index (κ3) is 5.36. The second-order valence-electron chi connectivity index (χ2n) is 3.29. The molecule has 76 valence electrons. The van der Waals surface area contributed by atoms with E-state index in [4.69, 9.17) is 5.11 Å². The zero-order chi connectivity index (χ0) is 10.4. The van der Waals surface area contributed by atoms with E-state index >= 15 is 0 Å². The van der Waals surface area contributed by atoms with Gasteiger partial charge in [0.25, 0.3) is 0 Å². The predicted octanol–water partition coefficient (Wildman–Crippen LogP) is 0.807. The van der Waals surface area contributed by atoms with Crippen molar-refractivity contribution in [2.24, 2.45) is 0 Å². The standard InChI is InChI=1S/C9H17NO3/c1-4-8(11)7(5-9(12)13)10-6(2)3/h6-7,10H,4-5H2,1-3H3,(H,12,13). The Morgan fingerprint density at radius 3 is 2.23 bits per heavy atom. The van der Waals surface area contributed by atoms with Crippen LogP contribution in [0.1, 0.15) is 33.6 Å². The van der Waals surface area contributed by atoms with Crippen molar-refractivity contribution >= 4 is 11.8 Å². The van der Waals surface area contributed by atoms with Gasteiger partial charge in [-0.3, -0.25) is 9.59 Å². The van der Waals surface area contributed by atoms with Crippen LogP contribution in [-0.4, -0.2) is 28.9 Å². The van der Waals surface area contributed by atoms with E-state index in [2.05, 4.69) is 5.32 Å². The van der Waals surface area contributed by atoms with Crippen molar-refractivity contribution in [3.8, 4) is 0 Å². The van der Waals surface area contributed by atoms with Gasteiger partial charge < -0.3 is 10.4 Å². The lowest BCUT2D eigenvalue weighted by atomic mass is 10.1. The van der Waals surface area contributed by atoms with Crippen molar-refractivity contribution in [2.45, 2.75) is 45.7 Å². The lowest BCUT2D eigenvalue weighted by Crippen LogP contribution is -2.42. The average molecular weight is 187 g/mol. The minimum absolute atomic E-state index is 0.0453. The van der Waals surface area contributed by atoms with Crippen LogP contribution in [0.4, 0.5) is 0 Å². The van der Waals surface area contributed by atoms with Gasteiger partial charge in [-0.15, -0.1) is 0 Å². The number of carboxylic acid groups (broad SMARTS) is 1. The number of ketones is 1. The Kier molecular flexibility index (Phi) is 5.30. The fourth-order valence-corrected chi connectivity index (χ4v) is 1.09. The summed E-state index contributed by atoms with van der Waals surface area (Å²) < 4.78 is 0. The van der Waals surface area contributed by atoms with E-state index in [0.29, 0.717) is 6.42 Å². The fraction of sp³-hybridized carbons (Fsp3) is 0.778. The topological polar surface area (TPSA) is 66.4 Å². The number of nitrogens with one attached hydrogen (secondary N) is 1. The van der Waals surface area contributed by atoms with Crippen LogP contribution >= 0.6 is 0 Å². The zero-order valence-corrected chi connectivity index (χ0v) is 8.33. The normalized spacial score (nSPS) is 12.9. The number of carbonyl (C=O) groups is 2. The molecule has 0 saturated carbocycles. The van der Waals surface area contributed by atoms with Gasteiger partial charge in [0.15, 0.2) is 0 Å². The smallest absolute Gasteiger partial charge is 0.305 e. The zero-order valence-electron chi connectivity index (χ0n) is 8.33. The van der Waals surface area contributed by atoms with Crippen LogP contribution in [0.5, 0.6) is 0 Å². The molecule has 0 aliphatic carbocycles. The van der Waals surface area contributed by atoms with E-state index in [1.165, 1.54) is 0 Å². The van der Waals surface area contributed by atoms with Crippen LogP contribution in [0.3, 0.4) is 0 Å². The fourth-order valence-electron chi connectivity index (χ4n) is 1.09. The maximum atomic E-state index is 11.3. The first-order valence-corrected chi connectivity index (χ1v) is 4.48. The van der Waals surface area contributed by atoms with E-state index in [-0.39, 0.29) is 18.2 Å². The molecule has 0 saturated heterocycles. The maximum Gasteiger partial charge on any atom is 0.305 e. The lowest BCUT2D eigenvalue weighted by Gasteiger charge is -2.17. The Bertz CT molecular complexity index is 189. The van der Waals surface area contributed by atoms with Gasteiger partial charge in [0.05, 0.1) is 12.5 Å². The highest BCUT2D eigenvalue weighted by Gasteiger charge is 2.20. The Labute approximate surface area is 78.3 Å². The average Bonchev–Trinajstić information content (AvgIpc) is 2.00. The molecule has 0 aromatic heterocycles. The van der Waals surface area contributed by atoms with Gasteiger partial charge in [0.2, 0.25) is 0 Å². The summed E-state index contributed by atoms with van der Waals surface area (Å²) in [5, 5.41) is 11.5. The molecular weight excluding hydrogens is 170 g/mol. The summed E-state index contributed by atoms with van der Waals surface area (Å²) in [7, 11) is 0. The summed E-state index contributed by atoms with van der Waals surface area (Å²) in [4.78, 5) is 21.7. The van der Waals surface area contributed by atoms with Gasteiger partial charge in [-0.1, -0.05) is 20.8 Å². The molecule has 0 aromatic carbocycles. The van der Waals surface area contributed by atoms with Crippen molar-refractivity contribution in [3.63, 3.8) is 0 Å². The third-order valence-corrected chi connectivity index (χ3v) is 1.65. The summed E-state index contributed by atoms with van der Waals surface area (Å²) in [6.07, 6.45) is 0.239. The van der Waals surface area contributed by atoms with Crippen LogP contribution in [0.25, 0.3) is 0 Å². The Morgan fingerprint density at radius 1 is 1.38 bits per heavy atom. The molecule has 0 fully saturated rings. The predicted molar refractivity (Wildman–Crippen MR) is 49.6 cm³/mol. The van der Waals surface area contributed by atoms with Crippen LogP contribution in [-0.2, 0) is 9.59 Å². The molecule has 2 N–H and O–H groups in total. The van der Waals surface area contributed by atoms with Crippen LogP contribution < -0.4 is 5.32 Å². The molecule has 4 heteroatoms. The number of carboxylic acids is 1. The summed E-state index contributed by atoms with van der Waals surface area (Å²) >= 11 is 0. The molecular formula is C9H17NO3. The van der Waals surface area contributed by atoms with Gasteiger partial charge in [-0.2, -0.15) is 0 Å². The van der Waals surface area contributed by atoms with Crippen molar-refractivity contribution < 1.29 is 14.7 Å². The van der Waals surface area contributed by atoms with Crippen LogP contribution in [0, 0.1) is 0 Å². The van der Waals surface area contributed by atoms with Gasteiger partial charge >= 0.3 is 5.97 Å². The molecule has 0 bridgehead atoms. The molecule has 0 aliphatic heterocycles. The molecule has 1 unspecified atom stereocenters. The van der Waals surface area contributed by atoms with Crippen molar-refractivity contribution in [1.29, 1.82) is 0 Å². The molecule has 0 radical (unpaired) electrons. The molecule has 4 nitrogen and oxygen atoms in total. The number of hydrogen-bond acceptors (Lipinski definition) is 3. The van der Waals surface area contributed by atoms with Crippen LogP contribution in [0.15, 0.2) is 0 Å². The number of Topliss-reactive ketones (excluding diaryl/α,β-unsaturated/α-hetero) is 1. The van der Waals surface area contributed by atoms with Crippen LogP contribution in [0.2, 0.25) is 0 Å². The van der Waals surface area contributed by atoms with Gasteiger partial charge in [0.1, 0.15) is 5.78 Å². The molecule has 0 aliphatic rings. The molecule has 0 aromatic rings. The number of aliphatic carboxylic acids is 1. The second kappa shape index (κ2) is 5.70. The molecule has 0 amide bonds. The quantitative estimate of drug-likeness (QED) is 0.645. The molecule has 13 heavy (non-hydrogen) atoms. The first-order valence-electron chi connectivity index (χ1n) is 4.48. The maximum absolute atomic E-state index is 11.3. The van der Waals surface area contributed by atoms with Crippen molar-refractivity contribution in [1.82, 2.24) is 5.32 Å². The molecule has 0 spiro atoms. The second-order valence-corrected chi connectivity index (χ2v) is 3.29. The number of carbonyl (C=O) groups excluding carboxylic acids is 1. The van der Waals surface area contributed by atoms with E-state index in [9.17, 15) is 9.59 Å². The highest BCUT2D eigenvalue weighted by molar-refractivity contribution is 5.87. The first kappa shape index (κ1) is 12.1. The Hall–Kier alpha value is -0.900. The van der Waals surface area contributed by atoms with Gasteiger partial charge in [-0.25, -0.2) is 0 Å². The first-order chi connectivity index (χ1) is 5.97. The minimum atomic E-state index is -0.944. The van der Waals surface area contributed by atoms with Crippen molar-refractivity contribution in [3.05, 3.63) is 0 Å². The monoisotopic (exact) mass is 187 g/mol. The largest absolute Gasteiger partial charge is 0.481 e. The van der Waals surface area contributed by atoms with E-state index in [0.717, 1.165) is 0 Å². The van der Waals surface area contributed by atoms with Gasteiger partial charge in [0, 0.05) is 12.5 Å². The van der Waals surface area contributed by atoms with Gasteiger partial charge in [-0.05, 0) is 0 Å². The molecule has 0 rings (SSSR count). The van der Waals surface area contributed by atoms with E-state index < -0.39 is 12.0 Å². The highest BCUT2D eigenvalue weighted by atomic mass is 16.4. The number of rotatable bonds is 6. The summed E-state index contributed by atoms with van der Waals surface area (Å²) in [5.41, 5.74) is 0. The summed E-state index contributed by atoms with van der Waals surface area (Å²) in [5.74, 6) is -0.990. The van der Waals surface area contributed by atoms with Crippen molar-refractivity contribution in [2.75, 3.05) is 0 Å². The lowest BCUT2D eigenvalue weighted by molar-refractivity contribution is -0.139. The van der Waals surface area contributed by atoms with E-state index in [1.807, 2.05) is 13.8 Å². The minimum Gasteiger partial charge on any atom is -0.481 e. The SMILES string of the molecule is CCC(=O)C(CC(=O)O)NC(C)C.